The summed E-state index contributed by atoms with van der Waals surface area (Å²) in [4.78, 5) is 0. The topological polar surface area (TPSA) is 6.48 Å². The molecule has 0 spiro atoms. The van der Waals surface area contributed by atoms with Crippen molar-refractivity contribution in [3.8, 4) is 0 Å². The highest BCUT2D eigenvalue weighted by Gasteiger charge is 2.28. The molecule has 1 aromatic rings. The molecule has 1 fully saturated rings. The third-order valence-corrected chi connectivity index (χ3v) is 3.84. The third kappa shape index (κ3) is 3.24. The lowest BCUT2D eigenvalue weighted by molar-refractivity contribution is -0.0286. The van der Waals surface area contributed by atoms with Gasteiger partial charge in [0.1, 0.15) is 0 Å². The van der Waals surface area contributed by atoms with Gasteiger partial charge in [-0.05, 0) is 43.0 Å². The first-order valence-electron chi connectivity index (χ1n) is 5.78. The van der Waals surface area contributed by atoms with Gasteiger partial charge in [-0.1, -0.05) is 18.2 Å². The molecule has 0 radical (unpaired) electrons. The lowest BCUT2D eigenvalue weighted by atomic mass is 9.95. The van der Waals surface area contributed by atoms with E-state index in [9.17, 15) is 4.48 Å². The number of benzene rings is 1. The predicted molar refractivity (Wildman–Crippen MR) is 69.6 cm³/mol. The van der Waals surface area contributed by atoms with Crippen LogP contribution in [0.1, 0.15) is 25.7 Å². The van der Waals surface area contributed by atoms with E-state index in [2.05, 4.69) is 0 Å². The second-order valence-electron chi connectivity index (χ2n) is 4.29. The van der Waals surface area contributed by atoms with E-state index in [1.807, 2.05) is 18.2 Å². The Morgan fingerprint density at radius 3 is 2.24 bits per heavy atom. The zero-order chi connectivity index (χ0) is 12.3. The number of alkyl halides is 1. The van der Waals surface area contributed by atoms with Crippen molar-refractivity contribution in [2.45, 2.75) is 37.1 Å². The van der Waals surface area contributed by atoms with Crippen molar-refractivity contribution in [1.82, 2.24) is 5.23 Å². The summed E-state index contributed by atoms with van der Waals surface area (Å²) in [7, 11) is 0. The minimum absolute atomic E-state index is 0.178. The molecule has 1 saturated carbocycles. The molecule has 0 N–H and O–H groups in total. The molecule has 2 rings (SSSR count). The third-order valence-electron chi connectivity index (χ3n) is 3.06. The smallest absolute Gasteiger partial charge is 0.0734 e. The minimum Gasteiger partial charge on any atom is -0.187 e. The van der Waals surface area contributed by atoms with Crippen LogP contribution >= 0.6 is 23.4 Å². The SMILES string of the molecule is FN(C1CCC(Cl)CC1)N(Cl)c1ccccc1. The molecule has 0 aromatic heterocycles. The van der Waals surface area contributed by atoms with Crippen molar-refractivity contribution in [2.75, 3.05) is 4.53 Å². The minimum atomic E-state index is -0.178. The Labute approximate surface area is 111 Å². The van der Waals surface area contributed by atoms with Gasteiger partial charge in [0.05, 0.1) is 11.7 Å². The maximum atomic E-state index is 14.1. The van der Waals surface area contributed by atoms with Crippen LogP contribution < -0.4 is 4.53 Å². The molecule has 1 aliphatic rings. The van der Waals surface area contributed by atoms with Gasteiger partial charge in [-0.15, -0.1) is 16.1 Å². The molecule has 2 nitrogen and oxygen atoms in total. The molecule has 0 heterocycles. The Morgan fingerprint density at radius 1 is 1.06 bits per heavy atom. The summed E-state index contributed by atoms with van der Waals surface area (Å²) in [5.41, 5.74) is 0.629. The standard InChI is InChI=1S/C12H15Cl2FN2/c13-10-6-8-12(9-7-10)17(15)16(14)11-4-2-1-3-5-11/h1-5,10,12H,6-9H2. The first kappa shape index (κ1) is 12.9. The van der Waals surface area contributed by atoms with Crippen molar-refractivity contribution in [3.05, 3.63) is 30.3 Å². The van der Waals surface area contributed by atoms with Gasteiger partial charge < -0.3 is 0 Å². The molecular formula is C12H15Cl2FN2. The molecule has 0 saturated heterocycles. The lowest BCUT2D eigenvalue weighted by Gasteiger charge is -2.33. The largest absolute Gasteiger partial charge is 0.187 e. The van der Waals surface area contributed by atoms with Gasteiger partial charge in [-0.3, -0.25) is 0 Å². The van der Waals surface area contributed by atoms with E-state index in [1.54, 1.807) is 12.1 Å². The average Bonchev–Trinajstić information content (AvgIpc) is 2.39. The molecular weight excluding hydrogens is 262 g/mol. The highest BCUT2D eigenvalue weighted by atomic mass is 35.5. The normalized spacial score (nSPS) is 24.9. The van der Waals surface area contributed by atoms with Crippen molar-refractivity contribution < 1.29 is 4.48 Å². The highest BCUT2D eigenvalue weighted by molar-refractivity contribution is 6.24. The summed E-state index contributed by atoms with van der Waals surface area (Å²) in [6, 6.07) is 8.89. The van der Waals surface area contributed by atoms with Gasteiger partial charge in [0.25, 0.3) is 0 Å². The van der Waals surface area contributed by atoms with E-state index in [1.165, 1.54) is 0 Å². The summed E-state index contributed by atoms with van der Waals surface area (Å²) >= 11 is 12.0. The van der Waals surface area contributed by atoms with Crippen LogP contribution in [-0.2, 0) is 0 Å². The van der Waals surface area contributed by atoms with Crippen molar-refractivity contribution in [2.24, 2.45) is 0 Å². The summed E-state index contributed by atoms with van der Waals surface area (Å²) in [6.07, 6.45) is 3.15. The highest BCUT2D eigenvalue weighted by Crippen LogP contribution is 2.30. The fourth-order valence-corrected chi connectivity index (χ4v) is 2.54. The van der Waals surface area contributed by atoms with Gasteiger partial charge in [-0.25, -0.2) is 0 Å². The van der Waals surface area contributed by atoms with Crippen molar-refractivity contribution >= 4 is 29.1 Å². The summed E-state index contributed by atoms with van der Waals surface area (Å²) in [5, 5.41) is 0.791. The van der Waals surface area contributed by atoms with Gasteiger partial charge in [0, 0.05) is 17.2 Å². The molecule has 94 valence electrons. The average molecular weight is 277 g/mol. The van der Waals surface area contributed by atoms with E-state index < -0.39 is 0 Å². The van der Waals surface area contributed by atoms with Crippen LogP contribution in [0.4, 0.5) is 10.2 Å². The summed E-state index contributed by atoms with van der Waals surface area (Å²) in [5.74, 6) is 0. The number of rotatable bonds is 3. The van der Waals surface area contributed by atoms with Crippen LogP contribution in [0.25, 0.3) is 0 Å². The van der Waals surface area contributed by atoms with E-state index in [0.717, 1.165) is 30.2 Å². The van der Waals surface area contributed by atoms with E-state index in [-0.39, 0.29) is 11.4 Å². The number of anilines is 1. The summed E-state index contributed by atoms with van der Waals surface area (Å²) < 4.78 is 15.1. The van der Waals surface area contributed by atoms with Crippen LogP contribution in [0.2, 0.25) is 0 Å². The molecule has 1 aromatic carbocycles. The number of hydrazine groups is 1. The van der Waals surface area contributed by atoms with Crippen LogP contribution in [0.5, 0.6) is 0 Å². The molecule has 1 aliphatic carbocycles. The van der Waals surface area contributed by atoms with Crippen molar-refractivity contribution in [1.29, 1.82) is 0 Å². The monoisotopic (exact) mass is 276 g/mol. The van der Waals surface area contributed by atoms with Gasteiger partial charge >= 0.3 is 0 Å². The lowest BCUT2D eigenvalue weighted by Crippen LogP contribution is -2.40. The zero-order valence-corrected chi connectivity index (χ0v) is 10.9. The van der Waals surface area contributed by atoms with Gasteiger partial charge in [0.2, 0.25) is 0 Å². The Morgan fingerprint density at radius 2 is 1.65 bits per heavy atom. The summed E-state index contributed by atoms with van der Waals surface area (Å²) in [6.45, 7) is 0. The van der Waals surface area contributed by atoms with Crippen LogP contribution in [0.15, 0.2) is 30.3 Å². The second-order valence-corrected chi connectivity index (χ2v) is 5.23. The second kappa shape index (κ2) is 5.89. The number of hydrogen-bond acceptors (Lipinski definition) is 2. The molecule has 0 atom stereocenters. The van der Waals surface area contributed by atoms with Crippen LogP contribution in [0, 0.1) is 0 Å². The maximum Gasteiger partial charge on any atom is 0.0734 e. The molecule has 5 heteroatoms. The maximum absolute atomic E-state index is 14.1. The number of halogens is 3. The van der Waals surface area contributed by atoms with E-state index >= 15 is 0 Å². The molecule has 0 unspecified atom stereocenters. The Bertz CT molecular complexity index is 342. The van der Waals surface area contributed by atoms with Crippen LogP contribution in [0.3, 0.4) is 0 Å². The first-order chi connectivity index (χ1) is 8.18. The Kier molecular flexibility index (Phi) is 4.48. The van der Waals surface area contributed by atoms with E-state index in [4.69, 9.17) is 23.4 Å². The molecule has 0 bridgehead atoms. The van der Waals surface area contributed by atoms with Crippen molar-refractivity contribution in [3.63, 3.8) is 0 Å². The number of para-hydroxylation sites is 1. The van der Waals surface area contributed by atoms with Crippen LogP contribution in [-0.4, -0.2) is 16.6 Å². The molecule has 0 amide bonds. The quantitative estimate of drug-likeness (QED) is 0.462. The predicted octanol–water partition coefficient (Wildman–Crippen LogP) is 4.30. The fourth-order valence-electron chi connectivity index (χ4n) is 2.05. The Balaban J connectivity index is 1.98. The van der Waals surface area contributed by atoms with Gasteiger partial charge in [0.15, 0.2) is 0 Å². The first-order valence-corrected chi connectivity index (χ1v) is 6.56. The molecule has 0 aliphatic heterocycles. The fraction of sp³-hybridized carbons (Fsp3) is 0.500. The van der Waals surface area contributed by atoms with E-state index in [0.29, 0.717) is 10.9 Å². The number of nitrogens with zero attached hydrogens (tertiary/aromatic N) is 2. The number of hydrogen-bond donors (Lipinski definition) is 0. The van der Waals surface area contributed by atoms with Gasteiger partial charge in [-0.2, -0.15) is 4.53 Å². The Hall–Kier alpha value is -0.510. The molecule has 17 heavy (non-hydrogen) atoms. The zero-order valence-electron chi connectivity index (χ0n) is 9.40.